The minimum atomic E-state index is -0.693. The Balaban J connectivity index is 0. The zero-order valence-corrected chi connectivity index (χ0v) is 5.48. The molecule has 0 saturated carbocycles. The lowest BCUT2D eigenvalue weighted by Crippen LogP contribution is -1.91. The highest BCUT2D eigenvalue weighted by atomic mass is 16.4. The van der Waals surface area contributed by atoms with Crippen LogP contribution < -0.4 is 6.15 Å². The third kappa shape index (κ3) is 9.06. The van der Waals surface area contributed by atoms with Gasteiger partial charge in [0, 0.05) is 6.42 Å². The number of quaternary nitrogens is 1. The molecule has 0 aromatic rings. The normalized spacial score (nSPS) is 7.62. The number of carbonyl (C=O) groups is 1. The lowest BCUT2D eigenvalue weighted by atomic mass is 10.3. The topological polar surface area (TPSA) is 73.8 Å². The Bertz CT molecular complexity index is 63.4. The van der Waals surface area contributed by atoms with Gasteiger partial charge >= 0.3 is 5.97 Å². The summed E-state index contributed by atoms with van der Waals surface area (Å²) in [5, 5.41) is 8.04. The van der Waals surface area contributed by atoms with Crippen molar-refractivity contribution in [2.45, 2.75) is 26.2 Å². The summed E-state index contributed by atoms with van der Waals surface area (Å²) in [6.07, 6.45) is 2.08. The molecule has 0 amide bonds. The van der Waals surface area contributed by atoms with Crippen LogP contribution in [0.3, 0.4) is 0 Å². The van der Waals surface area contributed by atoms with E-state index in [1.54, 1.807) is 0 Å². The Kier molecular flexibility index (Phi) is 8.37. The second kappa shape index (κ2) is 6.43. The quantitative estimate of drug-likeness (QED) is 0.594. The fraction of sp³-hybridized carbons (Fsp3) is 0.800. The molecule has 5 N–H and O–H groups in total. The van der Waals surface area contributed by atoms with Crippen molar-refractivity contribution in [3.8, 4) is 0 Å². The minimum absolute atomic E-state index is 0. The molecule has 8 heavy (non-hydrogen) atoms. The Hall–Kier alpha value is -0.570. The number of rotatable bonds is 3. The fourth-order valence-electron chi connectivity index (χ4n) is 0.328. The third-order valence-electron chi connectivity index (χ3n) is 0.744. The highest BCUT2D eigenvalue weighted by Crippen LogP contribution is 1.91. The molecule has 0 rings (SSSR count). The summed E-state index contributed by atoms with van der Waals surface area (Å²) in [4.78, 5) is 9.76. The largest absolute Gasteiger partial charge is 0.481 e. The summed E-state index contributed by atoms with van der Waals surface area (Å²) in [6.45, 7) is 1.98. The van der Waals surface area contributed by atoms with E-state index in [0.717, 1.165) is 12.8 Å². The molecule has 0 aliphatic rings. The molecule has 0 saturated heterocycles. The van der Waals surface area contributed by atoms with Gasteiger partial charge in [0.15, 0.2) is 0 Å². The molecule has 50 valence electrons. The average Bonchev–Trinajstić information content (AvgIpc) is 1.61. The van der Waals surface area contributed by atoms with Gasteiger partial charge in [-0.2, -0.15) is 0 Å². The van der Waals surface area contributed by atoms with Crippen LogP contribution in [0.1, 0.15) is 26.2 Å². The van der Waals surface area contributed by atoms with E-state index in [2.05, 4.69) is 0 Å². The van der Waals surface area contributed by atoms with Crippen LogP contribution in [-0.4, -0.2) is 11.1 Å². The first-order valence-electron chi connectivity index (χ1n) is 2.49. The maximum Gasteiger partial charge on any atom is 0.303 e. The Morgan fingerprint density at radius 1 is 1.62 bits per heavy atom. The highest BCUT2D eigenvalue weighted by Gasteiger charge is 1.90. The van der Waals surface area contributed by atoms with Crippen LogP contribution in [0.4, 0.5) is 0 Å². The predicted molar refractivity (Wildman–Crippen MR) is 33.1 cm³/mol. The van der Waals surface area contributed by atoms with Crippen molar-refractivity contribution in [3.63, 3.8) is 0 Å². The second-order valence-corrected chi connectivity index (χ2v) is 1.50. The molecule has 0 bridgehead atoms. The number of hydrogen-bond acceptors (Lipinski definition) is 1. The smallest absolute Gasteiger partial charge is 0.303 e. The van der Waals surface area contributed by atoms with Crippen molar-refractivity contribution in [3.05, 3.63) is 0 Å². The zero-order valence-electron chi connectivity index (χ0n) is 5.48. The van der Waals surface area contributed by atoms with Crippen molar-refractivity contribution in [1.82, 2.24) is 6.15 Å². The van der Waals surface area contributed by atoms with Crippen molar-refractivity contribution >= 4 is 5.97 Å². The van der Waals surface area contributed by atoms with Gasteiger partial charge in [0.1, 0.15) is 0 Å². The summed E-state index contributed by atoms with van der Waals surface area (Å²) >= 11 is 0. The Morgan fingerprint density at radius 2 is 2.12 bits per heavy atom. The van der Waals surface area contributed by atoms with E-state index in [9.17, 15) is 4.79 Å². The predicted octanol–water partition coefficient (Wildman–Crippen LogP) is 1.64. The number of hydrogen-bond donors (Lipinski definition) is 2. The SMILES string of the molecule is CCCCC(=O)O.[NH4+]. The van der Waals surface area contributed by atoms with Crippen LogP contribution in [0.15, 0.2) is 0 Å². The molecule has 0 aromatic heterocycles. The van der Waals surface area contributed by atoms with Gasteiger partial charge in [-0.3, -0.25) is 4.79 Å². The molecule has 0 fully saturated rings. The fourth-order valence-corrected chi connectivity index (χ4v) is 0.328. The van der Waals surface area contributed by atoms with E-state index >= 15 is 0 Å². The molecular weight excluding hydrogens is 106 g/mol. The molecule has 0 aromatic carbocycles. The Morgan fingerprint density at radius 3 is 2.25 bits per heavy atom. The van der Waals surface area contributed by atoms with E-state index in [4.69, 9.17) is 5.11 Å². The monoisotopic (exact) mass is 120 g/mol. The molecule has 0 unspecified atom stereocenters. The summed E-state index contributed by atoms with van der Waals surface area (Å²) < 4.78 is 0. The van der Waals surface area contributed by atoms with Crippen LogP contribution in [0.2, 0.25) is 0 Å². The van der Waals surface area contributed by atoms with Gasteiger partial charge in [-0.1, -0.05) is 13.3 Å². The van der Waals surface area contributed by atoms with Crippen LogP contribution in [0.5, 0.6) is 0 Å². The molecule has 0 aliphatic heterocycles. The average molecular weight is 120 g/mol. The van der Waals surface area contributed by atoms with Crippen molar-refractivity contribution in [2.24, 2.45) is 0 Å². The molecule has 3 heteroatoms. The minimum Gasteiger partial charge on any atom is -0.481 e. The number of carboxylic acids is 1. The van der Waals surface area contributed by atoms with Gasteiger partial charge in [0.25, 0.3) is 0 Å². The first-order chi connectivity index (χ1) is 3.27. The first-order valence-corrected chi connectivity index (χ1v) is 2.49. The number of carboxylic acid groups (broad SMARTS) is 1. The lowest BCUT2D eigenvalue weighted by Gasteiger charge is -1.85. The Labute approximate surface area is 49.3 Å². The number of aliphatic carboxylic acids is 1. The van der Waals surface area contributed by atoms with Gasteiger partial charge in [-0.05, 0) is 6.42 Å². The molecule has 0 atom stereocenters. The van der Waals surface area contributed by atoms with E-state index in [-0.39, 0.29) is 6.15 Å². The molecule has 0 aliphatic carbocycles. The van der Waals surface area contributed by atoms with E-state index in [1.165, 1.54) is 0 Å². The van der Waals surface area contributed by atoms with Crippen molar-refractivity contribution in [1.29, 1.82) is 0 Å². The molecule has 0 radical (unpaired) electrons. The zero-order chi connectivity index (χ0) is 5.70. The first kappa shape index (κ1) is 10.4. The van der Waals surface area contributed by atoms with Crippen LogP contribution in [0.25, 0.3) is 0 Å². The molecule has 3 nitrogen and oxygen atoms in total. The second-order valence-electron chi connectivity index (χ2n) is 1.50. The maximum absolute atomic E-state index is 9.76. The molecular formula is C5H14NO2+. The lowest BCUT2D eigenvalue weighted by molar-refractivity contribution is -0.137. The third-order valence-corrected chi connectivity index (χ3v) is 0.744. The summed E-state index contributed by atoms with van der Waals surface area (Å²) in [6, 6.07) is 0. The summed E-state index contributed by atoms with van der Waals surface area (Å²) in [7, 11) is 0. The van der Waals surface area contributed by atoms with Gasteiger partial charge in [-0.15, -0.1) is 0 Å². The van der Waals surface area contributed by atoms with E-state index < -0.39 is 5.97 Å². The number of unbranched alkanes of at least 4 members (excludes halogenated alkanes) is 1. The van der Waals surface area contributed by atoms with Gasteiger partial charge in [0.05, 0.1) is 0 Å². The van der Waals surface area contributed by atoms with Gasteiger partial charge in [-0.25, -0.2) is 0 Å². The highest BCUT2D eigenvalue weighted by molar-refractivity contribution is 5.66. The molecule has 0 heterocycles. The molecule has 0 spiro atoms. The van der Waals surface area contributed by atoms with E-state index in [0.29, 0.717) is 6.42 Å². The summed E-state index contributed by atoms with van der Waals surface area (Å²) in [5.41, 5.74) is 0. The van der Waals surface area contributed by atoms with Crippen molar-refractivity contribution in [2.75, 3.05) is 0 Å². The summed E-state index contributed by atoms with van der Waals surface area (Å²) in [5.74, 6) is -0.693. The van der Waals surface area contributed by atoms with Crippen molar-refractivity contribution < 1.29 is 9.90 Å². The van der Waals surface area contributed by atoms with Gasteiger partial charge in [0.2, 0.25) is 0 Å². The van der Waals surface area contributed by atoms with Gasteiger partial charge < -0.3 is 11.3 Å². The van der Waals surface area contributed by atoms with Crippen LogP contribution >= 0.6 is 0 Å². The maximum atomic E-state index is 9.76. The standard InChI is InChI=1S/C5H10O2.H3N/c1-2-3-4-5(6)7;/h2-4H2,1H3,(H,6,7);1H3/p+1. The van der Waals surface area contributed by atoms with Crippen LogP contribution in [-0.2, 0) is 4.79 Å². The van der Waals surface area contributed by atoms with Crippen LogP contribution in [0, 0.1) is 0 Å². The van der Waals surface area contributed by atoms with E-state index in [1.807, 2.05) is 6.92 Å².